The number of thiophene rings is 1. The number of aryl methyl sites for hydroxylation is 1. The van der Waals surface area contributed by atoms with Crippen LogP contribution in [0.3, 0.4) is 0 Å². The fraction of sp³-hybridized carbons (Fsp3) is 0.200. The lowest BCUT2D eigenvalue weighted by Gasteiger charge is -1.96. The van der Waals surface area contributed by atoms with Gasteiger partial charge in [-0.3, -0.25) is 9.48 Å². The van der Waals surface area contributed by atoms with Gasteiger partial charge in [-0.05, 0) is 24.4 Å². The second-order valence-electron chi connectivity index (χ2n) is 4.39. The Labute approximate surface area is 115 Å². The first-order valence-corrected chi connectivity index (χ1v) is 7.23. The number of Topliss-reactive ketones (excluding diaryl/α,β-unsaturated/α-hetero) is 1. The second-order valence-corrected chi connectivity index (χ2v) is 5.17. The van der Waals surface area contributed by atoms with Crippen molar-refractivity contribution in [2.24, 2.45) is 0 Å². The van der Waals surface area contributed by atoms with Gasteiger partial charge in [-0.1, -0.05) is 18.2 Å². The van der Waals surface area contributed by atoms with E-state index in [9.17, 15) is 4.79 Å². The van der Waals surface area contributed by atoms with Crippen LogP contribution in [0.15, 0.2) is 41.1 Å². The van der Waals surface area contributed by atoms with E-state index in [0.29, 0.717) is 6.42 Å². The molecule has 4 heteroatoms. The first-order chi connectivity index (χ1) is 9.29. The van der Waals surface area contributed by atoms with Gasteiger partial charge in [0.1, 0.15) is 0 Å². The Morgan fingerprint density at radius 2 is 2.16 bits per heavy atom. The smallest absolute Gasteiger partial charge is 0.169 e. The van der Waals surface area contributed by atoms with E-state index in [2.05, 4.69) is 12.0 Å². The summed E-state index contributed by atoms with van der Waals surface area (Å²) in [6.45, 7) is 2.87. The van der Waals surface area contributed by atoms with E-state index in [4.69, 9.17) is 0 Å². The van der Waals surface area contributed by atoms with E-state index in [1.54, 1.807) is 11.3 Å². The summed E-state index contributed by atoms with van der Waals surface area (Å²) in [5, 5.41) is 9.45. The predicted molar refractivity (Wildman–Crippen MR) is 77.8 cm³/mol. The van der Waals surface area contributed by atoms with Crippen molar-refractivity contribution in [1.29, 1.82) is 0 Å². The topological polar surface area (TPSA) is 34.9 Å². The van der Waals surface area contributed by atoms with Crippen molar-refractivity contribution in [2.75, 3.05) is 0 Å². The van der Waals surface area contributed by atoms with Gasteiger partial charge in [-0.25, -0.2) is 0 Å². The molecule has 0 saturated heterocycles. The summed E-state index contributed by atoms with van der Waals surface area (Å²) in [5.74, 6) is 0.132. The third-order valence-electron chi connectivity index (χ3n) is 3.21. The number of aromatic nitrogens is 2. The highest BCUT2D eigenvalue weighted by molar-refractivity contribution is 7.08. The lowest BCUT2D eigenvalue weighted by molar-refractivity contribution is 0.0992. The van der Waals surface area contributed by atoms with Crippen molar-refractivity contribution < 1.29 is 4.79 Å². The number of ketones is 1. The molecule has 0 fully saturated rings. The minimum atomic E-state index is 0.132. The van der Waals surface area contributed by atoms with Crippen LogP contribution in [-0.4, -0.2) is 15.6 Å². The molecule has 0 amide bonds. The summed E-state index contributed by atoms with van der Waals surface area (Å²) >= 11 is 1.55. The van der Waals surface area contributed by atoms with Gasteiger partial charge < -0.3 is 0 Å². The molecule has 1 aromatic carbocycles. The second kappa shape index (κ2) is 4.97. The molecule has 0 atom stereocenters. The quantitative estimate of drug-likeness (QED) is 0.680. The lowest BCUT2D eigenvalue weighted by atomic mass is 10.1. The summed E-state index contributed by atoms with van der Waals surface area (Å²) < 4.78 is 1.95. The van der Waals surface area contributed by atoms with Gasteiger partial charge in [0.2, 0.25) is 0 Å². The molecule has 0 aliphatic carbocycles. The fourth-order valence-electron chi connectivity index (χ4n) is 2.25. The fourth-order valence-corrected chi connectivity index (χ4v) is 2.91. The van der Waals surface area contributed by atoms with Crippen LogP contribution >= 0.6 is 11.3 Å². The molecule has 19 heavy (non-hydrogen) atoms. The maximum Gasteiger partial charge on any atom is 0.169 e. The Balaban J connectivity index is 1.99. The molecular formula is C15H14N2OS. The standard InChI is InChI=1S/C15H14N2OS/c1-2-17-14-6-4-3-5-12(14)13(16-17)9-15(18)11-7-8-19-10-11/h3-8,10H,2,9H2,1H3. The summed E-state index contributed by atoms with van der Waals surface area (Å²) in [5.41, 5.74) is 2.74. The van der Waals surface area contributed by atoms with Crippen molar-refractivity contribution in [2.45, 2.75) is 19.9 Å². The zero-order chi connectivity index (χ0) is 13.2. The normalized spacial score (nSPS) is 11.0. The minimum Gasteiger partial charge on any atom is -0.294 e. The van der Waals surface area contributed by atoms with Gasteiger partial charge in [0.25, 0.3) is 0 Å². The SMILES string of the molecule is CCn1nc(CC(=O)c2ccsc2)c2ccccc21. The molecule has 96 valence electrons. The van der Waals surface area contributed by atoms with E-state index < -0.39 is 0 Å². The van der Waals surface area contributed by atoms with Crippen molar-refractivity contribution >= 4 is 28.0 Å². The average molecular weight is 270 g/mol. The van der Waals surface area contributed by atoms with Crippen LogP contribution in [-0.2, 0) is 13.0 Å². The molecule has 2 aromatic heterocycles. The van der Waals surface area contributed by atoms with Crippen LogP contribution in [0.25, 0.3) is 10.9 Å². The molecule has 0 N–H and O–H groups in total. The monoisotopic (exact) mass is 270 g/mol. The summed E-state index contributed by atoms with van der Waals surface area (Å²) in [7, 11) is 0. The number of carbonyl (C=O) groups excluding carboxylic acids is 1. The number of para-hydroxylation sites is 1. The van der Waals surface area contributed by atoms with Gasteiger partial charge in [-0.15, -0.1) is 0 Å². The summed E-state index contributed by atoms with van der Waals surface area (Å²) in [6.07, 6.45) is 0.365. The molecule has 0 bridgehead atoms. The van der Waals surface area contributed by atoms with Crippen molar-refractivity contribution in [3.05, 3.63) is 52.3 Å². The van der Waals surface area contributed by atoms with E-state index >= 15 is 0 Å². The molecule has 3 aromatic rings. The Hall–Kier alpha value is -1.94. The third kappa shape index (κ3) is 2.19. The molecule has 0 unspecified atom stereocenters. The number of rotatable bonds is 4. The highest BCUT2D eigenvalue weighted by Crippen LogP contribution is 2.20. The van der Waals surface area contributed by atoms with Gasteiger partial charge in [0.05, 0.1) is 17.6 Å². The number of fused-ring (bicyclic) bond motifs is 1. The van der Waals surface area contributed by atoms with Crippen LogP contribution in [0.1, 0.15) is 23.0 Å². The predicted octanol–water partition coefficient (Wildman–Crippen LogP) is 3.54. The van der Waals surface area contributed by atoms with Gasteiger partial charge >= 0.3 is 0 Å². The summed E-state index contributed by atoms with van der Waals surface area (Å²) in [4.78, 5) is 12.2. The first-order valence-electron chi connectivity index (χ1n) is 6.29. The molecule has 3 rings (SSSR count). The summed E-state index contributed by atoms with van der Waals surface area (Å²) in [6, 6.07) is 9.93. The third-order valence-corrected chi connectivity index (χ3v) is 3.89. The van der Waals surface area contributed by atoms with Gasteiger partial charge in [-0.2, -0.15) is 16.4 Å². The molecule has 3 nitrogen and oxygen atoms in total. The number of hydrogen-bond acceptors (Lipinski definition) is 3. The Bertz CT molecular complexity index is 713. The largest absolute Gasteiger partial charge is 0.294 e. The van der Waals surface area contributed by atoms with Crippen LogP contribution in [0.5, 0.6) is 0 Å². The minimum absolute atomic E-state index is 0.132. The van der Waals surface area contributed by atoms with Crippen molar-refractivity contribution in [3.8, 4) is 0 Å². The van der Waals surface area contributed by atoms with Gasteiger partial charge in [0.15, 0.2) is 5.78 Å². The van der Waals surface area contributed by atoms with Gasteiger partial charge in [0, 0.05) is 22.9 Å². The van der Waals surface area contributed by atoms with Crippen LogP contribution in [0.4, 0.5) is 0 Å². The van der Waals surface area contributed by atoms with E-state index in [0.717, 1.165) is 28.7 Å². The zero-order valence-corrected chi connectivity index (χ0v) is 11.5. The number of nitrogens with zero attached hydrogens (tertiary/aromatic N) is 2. The molecule has 0 aliphatic heterocycles. The molecule has 0 spiro atoms. The highest BCUT2D eigenvalue weighted by Gasteiger charge is 2.14. The maximum absolute atomic E-state index is 12.2. The van der Waals surface area contributed by atoms with E-state index in [1.165, 1.54) is 0 Å². The van der Waals surface area contributed by atoms with E-state index in [-0.39, 0.29) is 5.78 Å². The molecular weight excluding hydrogens is 256 g/mol. The molecule has 0 radical (unpaired) electrons. The van der Waals surface area contributed by atoms with Crippen molar-refractivity contribution in [3.63, 3.8) is 0 Å². The van der Waals surface area contributed by atoms with Crippen LogP contribution < -0.4 is 0 Å². The van der Waals surface area contributed by atoms with Crippen LogP contribution in [0, 0.1) is 0 Å². The number of benzene rings is 1. The Kier molecular flexibility index (Phi) is 3.17. The zero-order valence-electron chi connectivity index (χ0n) is 10.7. The van der Waals surface area contributed by atoms with Crippen LogP contribution in [0.2, 0.25) is 0 Å². The Morgan fingerprint density at radius 3 is 2.89 bits per heavy atom. The first kappa shape index (κ1) is 12.1. The average Bonchev–Trinajstić information content (AvgIpc) is 3.07. The highest BCUT2D eigenvalue weighted by atomic mass is 32.1. The Morgan fingerprint density at radius 1 is 1.32 bits per heavy atom. The molecule has 2 heterocycles. The lowest BCUT2D eigenvalue weighted by Crippen LogP contribution is -2.04. The van der Waals surface area contributed by atoms with Crippen molar-refractivity contribution in [1.82, 2.24) is 9.78 Å². The molecule has 0 aliphatic rings. The number of hydrogen-bond donors (Lipinski definition) is 0. The van der Waals surface area contributed by atoms with E-state index in [1.807, 2.05) is 45.8 Å². The molecule has 0 saturated carbocycles. The number of carbonyl (C=O) groups is 1. The maximum atomic E-state index is 12.2.